The van der Waals surface area contributed by atoms with Crippen LogP contribution in [-0.2, 0) is 20.9 Å². The maximum atomic E-state index is 12.3. The van der Waals surface area contributed by atoms with Crippen LogP contribution in [0.25, 0.3) is 0 Å². The molecule has 0 saturated carbocycles. The Morgan fingerprint density at radius 1 is 1.29 bits per heavy atom. The zero-order valence-corrected chi connectivity index (χ0v) is 13.4. The summed E-state index contributed by atoms with van der Waals surface area (Å²) in [5.41, 5.74) is 0.844. The van der Waals surface area contributed by atoms with Crippen molar-refractivity contribution in [3.8, 4) is 0 Å². The second-order valence-corrected chi connectivity index (χ2v) is 5.89. The van der Waals surface area contributed by atoms with E-state index < -0.39 is 35.9 Å². The van der Waals surface area contributed by atoms with Crippen LogP contribution in [0, 0.1) is 5.92 Å². The van der Waals surface area contributed by atoms with E-state index in [4.69, 9.17) is 9.84 Å². The quantitative estimate of drug-likeness (QED) is 0.762. The molecular weight excluding hydrogens is 314 g/mol. The van der Waals surface area contributed by atoms with Gasteiger partial charge in [0.25, 0.3) is 0 Å². The average Bonchev–Trinajstić information content (AvgIpc) is 3.08. The number of carboxylic acids is 1. The van der Waals surface area contributed by atoms with Crippen LogP contribution in [0.5, 0.6) is 0 Å². The molecule has 0 spiro atoms. The third-order valence-corrected chi connectivity index (χ3v) is 4.27. The van der Waals surface area contributed by atoms with Gasteiger partial charge in [0, 0.05) is 6.54 Å². The number of hydrogen-bond acceptors (Lipinski definition) is 5. The Bertz CT molecular complexity index is 602. The molecule has 2 unspecified atom stereocenters. The van der Waals surface area contributed by atoms with Crippen molar-refractivity contribution in [1.82, 2.24) is 4.90 Å². The zero-order chi connectivity index (χ0) is 17.7. The predicted molar refractivity (Wildman–Crippen MR) is 84.2 cm³/mol. The molecule has 7 heteroatoms. The number of aliphatic carboxylic acids is 1. The van der Waals surface area contributed by atoms with E-state index in [0.29, 0.717) is 19.4 Å². The molecule has 1 amide bonds. The summed E-state index contributed by atoms with van der Waals surface area (Å²) in [5.74, 6) is -3.74. The molecule has 0 radical (unpaired) electrons. The van der Waals surface area contributed by atoms with Crippen molar-refractivity contribution in [2.24, 2.45) is 5.92 Å². The van der Waals surface area contributed by atoms with Crippen molar-refractivity contribution in [3.05, 3.63) is 35.9 Å². The third kappa shape index (κ3) is 4.11. The molecule has 0 aromatic heterocycles. The van der Waals surface area contributed by atoms with Crippen LogP contribution >= 0.6 is 0 Å². The Kier molecular flexibility index (Phi) is 5.92. The summed E-state index contributed by atoms with van der Waals surface area (Å²) in [4.78, 5) is 35.9. The molecule has 1 aromatic rings. The molecule has 1 heterocycles. The van der Waals surface area contributed by atoms with Gasteiger partial charge in [-0.25, -0.2) is 9.59 Å². The molecule has 130 valence electrons. The first-order valence-corrected chi connectivity index (χ1v) is 7.84. The zero-order valence-electron chi connectivity index (χ0n) is 13.4. The molecule has 24 heavy (non-hydrogen) atoms. The van der Waals surface area contributed by atoms with Crippen LogP contribution in [0.15, 0.2) is 30.3 Å². The highest BCUT2D eigenvalue weighted by molar-refractivity contribution is 6.33. The van der Waals surface area contributed by atoms with Gasteiger partial charge in [-0.1, -0.05) is 37.3 Å². The summed E-state index contributed by atoms with van der Waals surface area (Å²) >= 11 is 0. The van der Waals surface area contributed by atoms with E-state index in [-0.39, 0.29) is 6.61 Å². The van der Waals surface area contributed by atoms with Gasteiger partial charge in [-0.3, -0.25) is 4.79 Å². The van der Waals surface area contributed by atoms with E-state index in [1.165, 1.54) is 11.8 Å². The van der Waals surface area contributed by atoms with Crippen molar-refractivity contribution in [2.75, 3.05) is 6.54 Å². The SMILES string of the molecule is CC(C(=O)C(=O)O)C(O)[C@H]1CCCN1C(=O)OCc1ccccc1. The number of benzene rings is 1. The fraction of sp³-hybridized carbons (Fsp3) is 0.471. The maximum Gasteiger partial charge on any atom is 0.410 e. The Hall–Kier alpha value is -2.41. The number of aliphatic hydroxyl groups excluding tert-OH is 1. The van der Waals surface area contributed by atoms with Gasteiger partial charge < -0.3 is 19.8 Å². The highest BCUT2D eigenvalue weighted by Gasteiger charge is 2.40. The van der Waals surface area contributed by atoms with E-state index in [1.807, 2.05) is 30.3 Å². The van der Waals surface area contributed by atoms with E-state index in [2.05, 4.69) is 0 Å². The van der Waals surface area contributed by atoms with E-state index in [9.17, 15) is 19.5 Å². The molecule has 7 nitrogen and oxygen atoms in total. The summed E-state index contributed by atoms with van der Waals surface area (Å²) < 4.78 is 5.25. The molecule has 0 bridgehead atoms. The van der Waals surface area contributed by atoms with Crippen molar-refractivity contribution in [3.63, 3.8) is 0 Å². The smallest absolute Gasteiger partial charge is 0.410 e. The number of ether oxygens (including phenoxy) is 1. The maximum absolute atomic E-state index is 12.3. The molecule has 1 fully saturated rings. The number of hydrogen-bond donors (Lipinski definition) is 2. The van der Waals surface area contributed by atoms with Gasteiger partial charge in [0.2, 0.25) is 5.78 Å². The monoisotopic (exact) mass is 335 g/mol. The van der Waals surface area contributed by atoms with Crippen LogP contribution in [0.4, 0.5) is 4.79 Å². The predicted octanol–water partition coefficient (Wildman–Crippen LogP) is 1.44. The van der Waals surface area contributed by atoms with Crippen LogP contribution < -0.4 is 0 Å². The summed E-state index contributed by atoms with van der Waals surface area (Å²) in [6.45, 7) is 1.87. The minimum absolute atomic E-state index is 0.114. The molecular formula is C17H21NO6. The molecule has 1 aromatic carbocycles. The Labute approximate surface area is 139 Å². The highest BCUT2D eigenvalue weighted by atomic mass is 16.6. The number of likely N-dealkylation sites (tertiary alicyclic amines) is 1. The first-order chi connectivity index (χ1) is 11.4. The van der Waals surface area contributed by atoms with Gasteiger partial charge >= 0.3 is 12.1 Å². The number of rotatable bonds is 6. The van der Waals surface area contributed by atoms with Crippen molar-refractivity contribution < 1.29 is 29.3 Å². The normalized spacial score (nSPS) is 19.6. The van der Waals surface area contributed by atoms with Gasteiger partial charge in [-0.2, -0.15) is 0 Å². The van der Waals surface area contributed by atoms with Crippen molar-refractivity contribution in [1.29, 1.82) is 0 Å². The Morgan fingerprint density at radius 3 is 2.58 bits per heavy atom. The number of carbonyl (C=O) groups is 3. The van der Waals surface area contributed by atoms with Gasteiger partial charge in [-0.05, 0) is 18.4 Å². The van der Waals surface area contributed by atoms with Crippen molar-refractivity contribution in [2.45, 2.75) is 38.5 Å². The molecule has 2 N–H and O–H groups in total. The number of carbonyl (C=O) groups excluding carboxylic acids is 2. The summed E-state index contributed by atoms with van der Waals surface area (Å²) in [5, 5.41) is 19.1. The van der Waals surface area contributed by atoms with E-state index >= 15 is 0 Å². The number of nitrogens with zero attached hydrogens (tertiary/aromatic N) is 1. The largest absolute Gasteiger partial charge is 0.475 e. The molecule has 3 atom stereocenters. The first-order valence-electron chi connectivity index (χ1n) is 7.84. The van der Waals surface area contributed by atoms with Gasteiger partial charge in [0.15, 0.2) is 0 Å². The summed E-state index contributed by atoms with van der Waals surface area (Å²) in [6.07, 6.45) is -0.648. The topological polar surface area (TPSA) is 104 Å². The van der Waals surface area contributed by atoms with Gasteiger partial charge in [0.1, 0.15) is 6.61 Å². The van der Waals surface area contributed by atoms with Crippen LogP contribution in [0.3, 0.4) is 0 Å². The number of amides is 1. The Morgan fingerprint density at radius 2 is 1.96 bits per heavy atom. The fourth-order valence-corrected chi connectivity index (χ4v) is 2.86. The summed E-state index contributed by atoms with van der Waals surface area (Å²) in [6, 6.07) is 8.58. The molecule has 1 aliphatic rings. The van der Waals surface area contributed by atoms with Gasteiger partial charge in [0.05, 0.1) is 18.1 Å². The molecule has 1 aliphatic heterocycles. The van der Waals surface area contributed by atoms with E-state index in [0.717, 1.165) is 5.56 Å². The number of ketones is 1. The lowest BCUT2D eigenvalue weighted by molar-refractivity contribution is -0.153. The number of Topliss-reactive ketones (excluding diaryl/α,β-unsaturated/α-hetero) is 1. The van der Waals surface area contributed by atoms with Crippen LogP contribution in [0.1, 0.15) is 25.3 Å². The van der Waals surface area contributed by atoms with E-state index in [1.54, 1.807) is 0 Å². The second kappa shape index (κ2) is 7.92. The van der Waals surface area contributed by atoms with Crippen LogP contribution in [0.2, 0.25) is 0 Å². The highest BCUT2D eigenvalue weighted by Crippen LogP contribution is 2.25. The average molecular weight is 335 g/mol. The standard InChI is InChI=1S/C17H21NO6/c1-11(15(20)16(21)22)14(19)13-8-5-9-18(13)17(23)24-10-12-6-3-2-4-7-12/h2-4,6-7,11,13-14,19H,5,8-10H2,1H3,(H,21,22)/t11?,13-,14?/m1/s1. The molecule has 0 aliphatic carbocycles. The molecule has 1 saturated heterocycles. The minimum atomic E-state index is -1.59. The number of carboxylic acid groups (broad SMARTS) is 1. The Balaban J connectivity index is 1.97. The van der Waals surface area contributed by atoms with Crippen LogP contribution in [-0.4, -0.2) is 51.6 Å². The van der Waals surface area contributed by atoms with Crippen molar-refractivity contribution >= 4 is 17.8 Å². The lowest BCUT2D eigenvalue weighted by atomic mass is 9.92. The first kappa shape index (κ1) is 17.9. The molecule has 2 rings (SSSR count). The third-order valence-electron chi connectivity index (χ3n) is 4.27. The second-order valence-electron chi connectivity index (χ2n) is 5.89. The lowest BCUT2D eigenvalue weighted by Gasteiger charge is -2.30. The minimum Gasteiger partial charge on any atom is -0.475 e. The summed E-state index contributed by atoms with van der Waals surface area (Å²) in [7, 11) is 0. The number of aliphatic hydroxyl groups is 1. The lowest BCUT2D eigenvalue weighted by Crippen LogP contribution is -2.47. The van der Waals surface area contributed by atoms with Gasteiger partial charge in [-0.15, -0.1) is 0 Å². The fourth-order valence-electron chi connectivity index (χ4n) is 2.86.